The van der Waals surface area contributed by atoms with Gasteiger partial charge in [-0.25, -0.2) is 4.79 Å². The van der Waals surface area contributed by atoms with E-state index in [4.69, 9.17) is 0 Å². The van der Waals surface area contributed by atoms with Gasteiger partial charge in [0, 0.05) is 5.69 Å². The summed E-state index contributed by atoms with van der Waals surface area (Å²) < 4.78 is 28.0. The monoisotopic (exact) mass is 322 g/mol. The van der Waals surface area contributed by atoms with Gasteiger partial charge in [0.2, 0.25) is 0 Å². The van der Waals surface area contributed by atoms with Crippen LogP contribution in [0, 0.1) is 6.92 Å². The highest BCUT2D eigenvalue weighted by Crippen LogP contribution is 2.12. The highest BCUT2D eigenvalue weighted by Gasteiger charge is 2.16. The smallest absolute Gasteiger partial charge is 0.326 e. The Morgan fingerprint density at radius 1 is 1.00 bits per heavy atom. The lowest BCUT2D eigenvalue weighted by Gasteiger charge is -2.08. The molecule has 0 unspecified atom stereocenters. The van der Waals surface area contributed by atoms with E-state index >= 15 is 0 Å². The van der Waals surface area contributed by atoms with E-state index in [1.165, 1.54) is 12.1 Å². The summed E-state index contributed by atoms with van der Waals surface area (Å²) in [5.74, 6) is 0. The van der Waals surface area contributed by atoms with Gasteiger partial charge in [-0.1, -0.05) is 35.9 Å². The van der Waals surface area contributed by atoms with Crippen molar-refractivity contribution in [1.82, 2.24) is 5.64 Å². The number of hydrogen-bond donors (Lipinski definition) is 2. The summed E-state index contributed by atoms with van der Waals surface area (Å²) in [6, 6.07) is 14.5. The van der Waals surface area contributed by atoms with Crippen LogP contribution in [0.5, 0.6) is 0 Å². The first kappa shape index (κ1) is 16.0. The number of nitrogens with one attached hydrogen (secondary N) is 2. The van der Waals surface area contributed by atoms with Crippen LogP contribution in [-0.2, 0) is 19.2 Å². The van der Waals surface area contributed by atoms with Gasteiger partial charge in [0.05, 0.1) is 4.90 Å². The molecule has 2 N–H and O–H groups in total. The first-order chi connectivity index (χ1) is 10.5. The molecule has 0 aliphatic carbocycles. The normalized spacial score (nSPS) is 11.0. The Balaban J connectivity index is 1.85. The Bertz CT molecular complexity index is 730. The minimum atomic E-state index is -4.06. The van der Waals surface area contributed by atoms with Gasteiger partial charge in [0.25, 0.3) is 0 Å². The largest absolute Gasteiger partial charge is 0.432 e. The Kier molecular flexibility index (Phi) is 5.10. The lowest BCUT2D eigenvalue weighted by Crippen LogP contribution is -2.27. The zero-order valence-corrected chi connectivity index (χ0v) is 12.5. The molecule has 2 aromatic carbocycles. The lowest BCUT2D eigenvalue weighted by atomic mass is 10.2. The zero-order valence-electron chi connectivity index (χ0n) is 11.6. The SMILES string of the molecule is Cc1ccc(S(=O)(=O)ONOC(=O)Nc2ccccc2)cc1. The molecule has 116 valence electrons. The third-order valence-corrected chi connectivity index (χ3v) is 3.74. The van der Waals surface area contributed by atoms with Crippen LogP contribution in [0.2, 0.25) is 0 Å². The maximum absolute atomic E-state index is 11.8. The third kappa shape index (κ3) is 4.55. The fourth-order valence-corrected chi connectivity index (χ4v) is 2.21. The molecule has 2 aromatic rings. The summed E-state index contributed by atoms with van der Waals surface area (Å²) in [5, 5.41) is 2.38. The molecular formula is C14H14N2O5S. The molecular weight excluding hydrogens is 308 g/mol. The minimum absolute atomic E-state index is 0.0577. The molecule has 0 spiro atoms. The molecule has 7 nitrogen and oxygen atoms in total. The second-order valence-corrected chi connectivity index (χ2v) is 5.86. The number of para-hydroxylation sites is 1. The van der Waals surface area contributed by atoms with Crippen LogP contribution < -0.4 is 11.0 Å². The predicted molar refractivity (Wildman–Crippen MR) is 79.1 cm³/mol. The molecule has 2 rings (SSSR count). The van der Waals surface area contributed by atoms with Gasteiger partial charge in [0.1, 0.15) is 0 Å². The highest BCUT2D eigenvalue weighted by atomic mass is 32.2. The van der Waals surface area contributed by atoms with Crippen LogP contribution >= 0.6 is 0 Å². The van der Waals surface area contributed by atoms with Crippen LogP contribution in [0.4, 0.5) is 10.5 Å². The van der Waals surface area contributed by atoms with Crippen LogP contribution in [-0.4, -0.2) is 14.5 Å². The van der Waals surface area contributed by atoms with Gasteiger partial charge in [-0.2, -0.15) is 8.42 Å². The average molecular weight is 322 g/mol. The molecule has 0 saturated heterocycles. The van der Waals surface area contributed by atoms with Crippen molar-refractivity contribution in [2.45, 2.75) is 11.8 Å². The van der Waals surface area contributed by atoms with Crippen LogP contribution in [0.3, 0.4) is 0 Å². The van der Waals surface area contributed by atoms with E-state index in [2.05, 4.69) is 14.4 Å². The second-order valence-electron chi connectivity index (χ2n) is 4.31. The lowest BCUT2D eigenvalue weighted by molar-refractivity contribution is -0.0456. The van der Waals surface area contributed by atoms with E-state index in [1.54, 1.807) is 48.1 Å². The van der Waals surface area contributed by atoms with Crippen LogP contribution in [0.25, 0.3) is 0 Å². The van der Waals surface area contributed by atoms with Gasteiger partial charge in [-0.3, -0.25) is 5.32 Å². The van der Waals surface area contributed by atoms with Gasteiger partial charge >= 0.3 is 16.2 Å². The van der Waals surface area contributed by atoms with E-state index in [1.807, 2.05) is 6.92 Å². The van der Waals surface area contributed by atoms with Crippen molar-refractivity contribution in [3.05, 3.63) is 60.2 Å². The predicted octanol–water partition coefficient (Wildman–Crippen LogP) is 2.37. The fourth-order valence-electron chi connectivity index (χ4n) is 1.52. The van der Waals surface area contributed by atoms with E-state index in [9.17, 15) is 13.2 Å². The molecule has 0 bridgehead atoms. The van der Waals surface area contributed by atoms with Crippen molar-refractivity contribution in [2.75, 3.05) is 5.32 Å². The molecule has 0 aliphatic rings. The molecule has 8 heteroatoms. The molecule has 0 aromatic heterocycles. The number of amides is 1. The summed E-state index contributed by atoms with van der Waals surface area (Å²) in [7, 11) is -4.06. The molecule has 0 aliphatic heterocycles. The molecule has 1 amide bonds. The van der Waals surface area contributed by atoms with Crippen molar-refractivity contribution in [3.8, 4) is 0 Å². The van der Waals surface area contributed by atoms with Gasteiger partial charge in [-0.05, 0) is 36.8 Å². The first-order valence-corrected chi connectivity index (χ1v) is 7.66. The Morgan fingerprint density at radius 3 is 2.27 bits per heavy atom. The van der Waals surface area contributed by atoms with E-state index < -0.39 is 16.2 Å². The van der Waals surface area contributed by atoms with E-state index in [-0.39, 0.29) is 4.90 Å². The summed E-state index contributed by atoms with van der Waals surface area (Å²) in [4.78, 5) is 15.8. The fraction of sp³-hybridized carbons (Fsp3) is 0.0714. The third-order valence-electron chi connectivity index (χ3n) is 2.61. The maximum atomic E-state index is 11.8. The quantitative estimate of drug-likeness (QED) is 0.821. The number of carbonyl (C=O) groups is 1. The van der Waals surface area contributed by atoms with Crippen LogP contribution in [0.1, 0.15) is 5.56 Å². The number of carbonyl (C=O) groups excluding carboxylic acids is 1. The van der Waals surface area contributed by atoms with Crippen molar-refractivity contribution >= 4 is 21.9 Å². The standard InChI is InChI=1S/C14H14N2O5S/c1-11-7-9-13(10-8-11)22(18,19)21-16-20-14(17)15-12-5-3-2-4-6-12/h2-10,16H,1H3,(H,15,17). The van der Waals surface area contributed by atoms with Crippen LogP contribution in [0.15, 0.2) is 59.5 Å². The summed E-state index contributed by atoms with van der Waals surface area (Å²) in [5.41, 5.74) is 3.06. The molecule has 22 heavy (non-hydrogen) atoms. The van der Waals surface area contributed by atoms with Gasteiger partial charge < -0.3 is 4.84 Å². The number of anilines is 1. The zero-order chi connectivity index (χ0) is 16.0. The number of benzene rings is 2. The number of rotatable bonds is 5. The van der Waals surface area contributed by atoms with Gasteiger partial charge in [0.15, 0.2) is 0 Å². The van der Waals surface area contributed by atoms with E-state index in [0.29, 0.717) is 5.69 Å². The van der Waals surface area contributed by atoms with Crippen molar-refractivity contribution < 1.29 is 22.3 Å². The summed E-state index contributed by atoms with van der Waals surface area (Å²) in [6.07, 6.45) is -0.912. The van der Waals surface area contributed by atoms with Crippen molar-refractivity contribution in [3.63, 3.8) is 0 Å². The van der Waals surface area contributed by atoms with Crippen molar-refractivity contribution in [2.24, 2.45) is 0 Å². The first-order valence-electron chi connectivity index (χ1n) is 6.25. The number of aryl methyl sites for hydroxylation is 1. The topological polar surface area (TPSA) is 93.7 Å². The molecule has 0 radical (unpaired) electrons. The number of hydrogen-bond acceptors (Lipinski definition) is 6. The van der Waals surface area contributed by atoms with Crippen molar-refractivity contribution in [1.29, 1.82) is 0 Å². The molecule has 0 heterocycles. The minimum Gasteiger partial charge on any atom is -0.326 e. The molecule has 0 fully saturated rings. The van der Waals surface area contributed by atoms with Gasteiger partial charge in [-0.15, -0.1) is 4.28 Å². The molecule has 0 saturated carbocycles. The Hall–Kier alpha value is -2.42. The summed E-state index contributed by atoms with van der Waals surface area (Å²) in [6.45, 7) is 1.83. The maximum Gasteiger partial charge on any atom is 0.432 e. The Labute approximate surface area is 127 Å². The second kappa shape index (κ2) is 7.03. The average Bonchev–Trinajstić information content (AvgIpc) is 2.48. The molecule has 0 atom stereocenters. The van der Waals surface area contributed by atoms with E-state index in [0.717, 1.165) is 5.56 Å². The Morgan fingerprint density at radius 2 is 1.64 bits per heavy atom. The highest BCUT2D eigenvalue weighted by molar-refractivity contribution is 7.86. The summed E-state index contributed by atoms with van der Waals surface area (Å²) >= 11 is 0.